The lowest BCUT2D eigenvalue weighted by atomic mass is 9.73. The van der Waals surface area contributed by atoms with Gasteiger partial charge >= 0.3 is 6.09 Å². The number of ether oxygens (including phenoxy) is 1. The Balaban J connectivity index is 1.54. The van der Waals surface area contributed by atoms with Gasteiger partial charge in [0.25, 0.3) is 0 Å². The van der Waals surface area contributed by atoms with Crippen LogP contribution in [0.25, 0.3) is 0 Å². The van der Waals surface area contributed by atoms with Gasteiger partial charge in [-0.3, -0.25) is 4.90 Å². The van der Waals surface area contributed by atoms with E-state index in [2.05, 4.69) is 33.9 Å². The number of carbonyl (C=O) groups is 1. The van der Waals surface area contributed by atoms with E-state index >= 15 is 0 Å². The molecule has 1 aromatic heterocycles. The Morgan fingerprint density at radius 3 is 2.34 bits per heavy atom. The van der Waals surface area contributed by atoms with Crippen molar-refractivity contribution in [2.24, 2.45) is 5.41 Å². The van der Waals surface area contributed by atoms with Gasteiger partial charge in [0.2, 0.25) is 10.0 Å². The molecule has 3 heterocycles. The first kappa shape index (κ1) is 32.2. The monoisotopic (exact) mass is 638 g/mol. The van der Waals surface area contributed by atoms with E-state index in [9.17, 15) is 18.3 Å². The fraction of sp³-hybridized carbons (Fsp3) is 0.424. The third kappa shape index (κ3) is 6.16. The minimum atomic E-state index is -3.91. The molecule has 5 rings (SSSR count). The minimum Gasteiger partial charge on any atom is -0.466 e. The van der Waals surface area contributed by atoms with Gasteiger partial charge in [0, 0.05) is 19.6 Å². The lowest BCUT2D eigenvalue weighted by Crippen LogP contribution is -2.54. The molecule has 11 heteroatoms. The van der Waals surface area contributed by atoms with Crippen LogP contribution in [-0.4, -0.2) is 63.0 Å². The van der Waals surface area contributed by atoms with E-state index in [1.165, 1.54) is 9.21 Å². The number of aliphatic hydroxyl groups excluding tert-OH is 1. The van der Waals surface area contributed by atoms with Crippen molar-refractivity contribution in [3.63, 3.8) is 0 Å². The fourth-order valence-electron chi connectivity index (χ4n) is 5.67. The van der Waals surface area contributed by atoms with Crippen molar-refractivity contribution in [2.75, 3.05) is 19.6 Å². The van der Waals surface area contributed by atoms with Gasteiger partial charge in [0.1, 0.15) is 24.7 Å². The van der Waals surface area contributed by atoms with Gasteiger partial charge in [-0.15, -0.1) is 0 Å². The Kier molecular flexibility index (Phi) is 8.98. The minimum absolute atomic E-state index is 0.0439. The Morgan fingerprint density at radius 1 is 1.07 bits per heavy atom. The largest absolute Gasteiger partial charge is 0.466 e. The molecule has 0 saturated carbocycles. The Labute approximate surface area is 261 Å². The number of amides is 1. The van der Waals surface area contributed by atoms with Gasteiger partial charge in [-0.25, -0.2) is 13.2 Å². The highest BCUT2D eigenvalue weighted by Crippen LogP contribution is 2.53. The summed E-state index contributed by atoms with van der Waals surface area (Å²) >= 11 is 0. The number of benzene rings is 2. The lowest BCUT2D eigenvalue weighted by Gasteiger charge is -2.47. The predicted octanol–water partition coefficient (Wildman–Crippen LogP) is 6.32. The molecule has 3 atom stereocenters. The average molecular weight is 639 g/mol. The van der Waals surface area contributed by atoms with Crippen molar-refractivity contribution in [1.82, 2.24) is 9.21 Å². The lowest BCUT2D eigenvalue weighted by molar-refractivity contribution is -0.0399. The van der Waals surface area contributed by atoms with E-state index in [0.29, 0.717) is 17.8 Å². The molecule has 2 aromatic carbocycles. The summed E-state index contributed by atoms with van der Waals surface area (Å²) in [5.74, 6) is 0.567. The molecule has 2 aliphatic heterocycles. The molecular formula is C33H42N2O7SSi. The van der Waals surface area contributed by atoms with Crippen molar-refractivity contribution in [1.29, 1.82) is 0 Å². The fourth-order valence-corrected chi connectivity index (χ4v) is 8.33. The van der Waals surface area contributed by atoms with E-state index in [4.69, 9.17) is 13.6 Å². The Bertz CT molecular complexity index is 1570. The molecule has 1 saturated heterocycles. The normalized spacial score (nSPS) is 22.2. The SMILES string of the molecule is CC(C)(C)[Si](C)(C)OC(C1=CCN(S(=O)(=O)c2ccccc2)C[C@@]12CCN(C(=O)OCc1ccccc1)C2O)c1ccco1. The molecule has 2 unspecified atom stereocenters. The van der Waals surface area contributed by atoms with Gasteiger partial charge in [-0.1, -0.05) is 75.4 Å². The molecule has 3 aromatic rings. The van der Waals surface area contributed by atoms with E-state index in [-0.39, 0.29) is 36.2 Å². The zero-order valence-electron chi connectivity index (χ0n) is 26.0. The van der Waals surface area contributed by atoms with Crippen LogP contribution in [0.2, 0.25) is 18.1 Å². The maximum atomic E-state index is 13.8. The van der Waals surface area contributed by atoms with Crippen molar-refractivity contribution < 1.29 is 31.9 Å². The summed E-state index contributed by atoms with van der Waals surface area (Å²) < 4.78 is 47.6. The topological polar surface area (TPSA) is 110 Å². The van der Waals surface area contributed by atoms with Crippen LogP contribution < -0.4 is 0 Å². The Morgan fingerprint density at radius 2 is 1.73 bits per heavy atom. The Hall–Kier alpha value is -3.22. The molecule has 0 aliphatic carbocycles. The summed E-state index contributed by atoms with van der Waals surface area (Å²) in [5, 5.41) is 11.9. The summed E-state index contributed by atoms with van der Waals surface area (Å²) in [5.41, 5.74) is 0.358. The third-order valence-electron chi connectivity index (χ3n) is 9.26. The summed E-state index contributed by atoms with van der Waals surface area (Å²) in [6.07, 6.45) is 1.01. The van der Waals surface area contributed by atoms with Crippen LogP contribution in [0.5, 0.6) is 0 Å². The second kappa shape index (κ2) is 12.3. The van der Waals surface area contributed by atoms with Crippen LogP contribution in [0.4, 0.5) is 4.79 Å². The van der Waals surface area contributed by atoms with Crippen LogP contribution in [0.15, 0.2) is 100 Å². The summed E-state index contributed by atoms with van der Waals surface area (Å²) in [7, 11) is -6.32. The molecule has 0 radical (unpaired) electrons. The summed E-state index contributed by atoms with van der Waals surface area (Å²) in [6.45, 7) is 11.0. The van der Waals surface area contributed by atoms with Crippen molar-refractivity contribution >= 4 is 24.4 Å². The highest BCUT2D eigenvalue weighted by Gasteiger charge is 2.57. The van der Waals surface area contributed by atoms with Gasteiger partial charge in [0.05, 0.1) is 16.6 Å². The van der Waals surface area contributed by atoms with E-state index in [1.807, 2.05) is 42.5 Å². The molecule has 1 N–H and O–H groups in total. The first-order valence-electron chi connectivity index (χ1n) is 14.9. The average Bonchev–Trinajstić information content (AvgIpc) is 3.64. The highest BCUT2D eigenvalue weighted by molar-refractivity contribution is 7.89. The highest BCUT2D eigenvalue weighted by atomic mass is 32.2. The van der Waals surface area contributed by atoms with Crippen LogP contribution in [0, 0.1) is 5.41 Å². The smallest absolute Gasteiger partial charge is 0.412 e. The molecule has 0 bridgehead atoms. The van der Waals surface area contributed by atoms with Crippen LogP contribution in [0.1, 0.15) is 44.6 Å². The number of hydrogen-bond acceptors (Lipinski definition) is 7. The number of likely N-dealkylation sites (tertiary alicyclic amines) is 1. The zero-order valence-corrected chi connectivity index (χ0v) is 27.8. The number of aliphatic hydroxyl groups is 1. The number of nitrogens with zero attached hydrogens (tertiary/aromatic N) is 2. The molecule has 9 nitrogen and oxygen atoms in total. The second-order valence-corrected chi connectivity index (χ2v) is 19.8. The number of furan rings is 1. The van der Waals surface area contributed by atoms with Crippen molar-refractivity contribution in [3.8, 4) is 0 Å². The number of rotatable bonds is 8. The van der Waals surface area contributed by atoms with Crippen LogP contribution >= 0.6 is 0 Å². The zero-order chi connectivity index (χ0) is 31.8. The van der Waals surface area contributed by atoms with Gasteiger partial charge in [-0.2, -0.15) is 4.31 Å². The number of sulfonamides is 1. The van der Waals surface area contributed by atoms with Gasteiger partial charge in [-0.05, 0) is 60.0 Å². The predicted molar refractivity (Wildman–Crippen MR) is 169 cm³/mol. The number of carbonyl (C=O) groups excluding carboxylic acids is 1. The first-order valence-corrected chi connectivity index (χ1v) is 19.2. The van der Waals surface area contributed by atoms with E-state index in [1.54, 1.807) is 42.7 Å². The molecule has 1 fully saturated rings. The molecule has 2 aliphatic rings. The van der Waals surface area contributed by atoms with Crippen LogP contribution in [0.3, 0.4) is 0 Å². The van der Waals surface area contributed by atoms with E-state index in [0.717, 1.165) is 5.56 Å². The first-order chi connectivity index (χ1) is 20.8. The number of hydrogen-bond donors (Lipinski definition) is 1. The van der Waals surface area contributed by atoms with Crippen molar-refractivity contribution in [2.45, 2.75) is 69.2 Å². The molecule has 236 valence electrons. The molecular weight excluding hydrogens is 597 g/mol. The van der Waals surface area contributed by atoms with Gasteiger partial charge < -0.3 is 18.7 Å². The summed E-state index contributed by atoms with van der Waals surface area (Å²) in [6, 6.07) is 21.2. The molecule has 1 spiro atoms. The van der Waals surface area contributed by atoms with Crippen molar-refractivity contribution in [3.05, 3.63) is 102 Å². The van der Waals surface area contributed by atoms with E-state index < -0.39 is 42.2 Å². The third-order valence-corrected chi connectivity index (χ3v) is 15.5. The quantitative estimate of drug-likeness (QED) is 0.227. The van der Waals surface area contributed by atoms with Gasteiger partial charge in [0.15, 0.2) is 8.32 Å². The second-order valence-electron chi connectivity index (χ2n) is 13.1. The van der Waals surface area contributed by atoms with Crippen LogP contribution in [-0.2, 0) is 25.8 Å². The molecule has 1 amide bonds. The summed E-state index contributed by atoms with van der Waals surface area (Å²) in [4.78, 5) is 14.8. The standard InChI is InChI=1S/C33H42N2O7SSi/c1-32(2,3)44(4,5)42-29(28-17-12-22-40-28)27-18-20-34(43(38,39)26-15-10-7-11-16-26)24-33(27)19-21-35(30(33)36)31(37)41-23-25-13-8-6-9-14-25/h6-18,22,29-30,36H,19-21,23-24H2,1-5H3/t29?,30?,33-/m0/s1. The molecule has 44 heavy (non-hydrogen) atoms. The maximum absolute atomic E-state index is 13.8. The maximum Gasteiger partial charge on any atom is 0.412 e.